The summed E-state index contributed by atoms with van der Waals surface area (Å²) in [4.78, 5) is 28.4. The van der Waals surface area contributed by atoms with Crippen LogP contribution in [0.1, 0.15) is 25.2 Å². The zero-order valence-corrected chi connectivity index (χ0v) is 19.5. The maximum Gasteiger partial charge on any atom is 0.433 e. The van der Waals surface area contributed by atoms with E-state index in [4.69, 9.17) is 5.73 Å². The summed E-state index contributed by atoms with van der Waals surface area (Å²) in [5.41, 5.74) is 6.77. The minimum atomic E-state index is -4.63. The summed E-state index contributed by atoms with van der Waals surface area (Å²) in [6.45, 7) is 6.29. The fourth-order valence-electron chi connectivity index (χ4n) is 3.72. The van der Waals surface area contributed by atoms with Crippen LogP contribution >= 0.6 is 0 Å². The molecular formula is C24H27F3N6O. The van der Waals surface area contributed by atoms with E-state index >= 15 is 0 Å². The molecule has 0 unspecified atom stereocenters. The second kappa shape index (κ2) is 10.1. The number of hydrogen-bond acceptors (Lipinski definition) is 6. The summed E-state index contributed by atoms with van der Waals surface area (Å²) in [6, 6.07) is 11.5. The lowest BCUT2D eigenvalue weighted by Gasteiger charge is -2.26. The van der Waals surface area contributed by atoms with Crippen LogP contribution in [0.3, 0.4) is 0 Å². The van der Waals surface area contributed by atoms with Crippen LogP contribution in [0.25, 0.3) is 22.4 Å². The van der Waals surface area contributed by atoms with Gasteiger partial charge in [0, 0.05) is 31.4 Å². The van der Waals surface area contributed by atoms with Gasteiger partial charge in [-0.05, 0) is 38.5 Å². The standard InChI is InChI=1S/C24H27F3N6O/c1-5-33(6-2)19(34)14-32(4)22-20(17-12-15(3)29-18(13-17)24(25,26)27)21(30-23(28)31-22)16-10-8-7-9-11-16/h7-13H,5-6,14H2,1-4H3,(H2,28,30,31). The predicted octanol–water partition coefficient (Wildman–Crippen LogP) is 4.42. The van der Waals surface area contributed by atoms with Crippen LogP contribution in [0.4, 0.5) is 24.9 Å². The summed E-state index contributed by atoms with van der Waals surface area (Å²) in [5.74, 6) is 0.0610. The fourth-order valence-corrected chi connectivity index (χ4v) is 3.72. The van der Waals surface area contributed by atoms with Gasteiger partial charge in [0.05, 0.1) is 17.8 Å². The lowest BCUT2D eigenvalue weighted by Crippen LogP contribution is -2.39. The van der Waals surface area contributed by atoms with Gasteiger partial charge in [0.2, 0.25) is 11.9 Å². The number of rotatable bonds is 7. The number of likely N-dealkylation sites (N-methyl/N-ethyl adjacent to an activating group) is 2. The molecule has 7 nitrogen and oxygen atoms in total. The molecule has 2 heterocycles. The molecule has 2 N–H and O–H groups in total. The van der Waals surface area contributed by atoms with Crippen LogP contribution in [0.2, 0.25) is 0 Å². The number of carbonyl (C=O) groups excluding carboxylic acids is 1. The van der Waals surface area contributed by atoms with Crippen LogP contribution in [-0.4, -0.2) is 52.4 Å². The third-order valence-corrected chi connectivity index (χ3v) is 5.34. The molecule has 34 heavy (non-hydrogen) atoms. The van der Waals surface area contributed by atoms with Crippen molar-refractivity contribution in [1.29, 1.82) is 0 Å². The van der Waals surface area contributed by atoms with Crippen molar-refractivity contribution in [2.75, 3.05) is 37.3 Å². The summed E-state index contributed by atoms with van der Waals surface area (Å²) < 4.78 is 40.7. The number of benzene rings is 1. The molecule has 1 amide bonds. The van der Waals surface area contributed by atoms with Crippen molar-refractivity contribution in [3.63, 3.8) is 0 Å². The molecule has 1 aromatic carbocycles. The monoisotopic (exact) mass is 472 g/mol. The van der Waals surface area contributed by atoms with Gasteiger partial charge in [0.1, 0.15) is 11.5 Å². The van der Waals surface area contributed by atoms with Gasteiger partial charge in [-0.3, -0.25) is 4.79 Å². The Bertz CT molecular complexity index is 1160. The van der Waals surface area contributed by atoms with Crippen LogP contribution in [0, 0.1) is 6.92 Å². The number of aromatic nitrogens is 3. The highest BCUT2D eigenvalue weighted by Crippen LogP contribution is 2.40. The van der Waals surface area contributed by atoms with Crippen molar-refractivity contribution in [3.05, 3.63) is 53.9 Å². The second-order valence-electron chi connectivity index (χ2n) is 7.80. The third kappa shape index (κ3) is 5.44. The van der Waals surface area contributed by atoms with E-state index in [9.17, 15) is 18.0 Å². The molecule has 0 bridgehead atoms. The first kappa shape index (κ1) is 24.9. The van der Waals surface area contributed by atoms with Gasteiger partial charge < -0.3 is 15.5 Å². The second-order valence-corrected chi connectivity index (χ2v) is 7.80. The average Bonchev–Trinajstić information content (AvgIpc) is 2.78. The van der Waals surface area contributed by atoms with Crippen LogP contribution in [0.5, 0.6) is 0 Å². The minimum absolute atomic E-state index is 0.0322. The average molecular weight is 473 g/mol. The third-order valence-electron chi connectivity index (χ3n) is 5.34. The molecule has 180 valence electrons. The number of alkyl halides is 3. The van der Waals surface area contributed by atoms with Crippen molar-refractivity contribution in [2.24, 2.45) is 0 Å². The Balaban J connectivity index is 2.26. The molecule has 3 rings (SSSR count). The van der Waals surface area contributed by atoms with Crippen molar-refractivity contribution in [3.8, 4) is 22.4 Å². The molecule has 0 atom stereocenters. The van der Waals surface area contributed by atoms with E-state index in [0.717, 1.165) is 6.07 Å². The van der Waals surface area contributed by atoms with Gasteiger partial charge in [-0.1, -0.05) is 30.3 Å². The molecule has 0 spiro atoms. The van der Waals surface area contributed by atoms with Crippen LogP contribution in [0.15, 0.2) is 42.5 Å². The Morgan fingerprint density at radius 2 is 1.65 bits per heavy atom. The molecule has 0 aliphatic carbocycles. The SMILES string of the molecule is CCN(CC)C(=O)CN(C)c1nc(N)nc(-c2ccccc2)c1-c1cc(C)nc(C(F)(F)F)c1. The summed E-state index contributed by atoms with van der Waals surface area (Å²) in [6.07, 6.45) is -4.63. The lowest BCUT2D eigenvalue weighted by molar-refractivity contribution is -0.141. The van der Waals surface area contributed by atoms with Crippen molar-refractivity contribution in [2.45, 2.75) is 26.9 Å². The largest absolute Gasteiger partial charge is 0.433 e. The number of nitrogen functional groups attached to an aromatic ring is 1. The molecule has 0 aliphatic heterocycles. The normalized spacial score (nSPS) is 11.4. The molecule has 0 saturated heterocycles. The highest BCUT2D eigenvalue weighted by atomic mass is 19.4. The minimum Gasteiger partial charge on any atom is -0.368 e. The van der Waals surface area contributed by atoms with Gasteiger partial charge in [-0.15, -0.1) is 0 Å². The zero-order chi connectivity index (χ0) is 25.0. The Kier molecular flexibility index (Phi) is 7.38. The number of nitrogens with zero attached hydrogens (tertiary/aromatic N) is 5. The topological polar surface area (TPSA) is 88.2 Å². The van der Waals surface area contributed by atoms with Crippen molar-refractivity contribution < 1.29 is 18.0 Å². The van der Waals surface area contributed by atoms with Gasteiger partial charge in [-0.25, -0.2) is 9.97 Å². The van der Waals surface area contributed by atoms with E-state index in [1.54, 1.807) is 47.2 Å². The number of anilines is 2. The number of nitrogens with two attached hydrogens (primary N) is 1. The smallest absolute Gasteiger partial charge is 0.368 e. The summed E-state index contributed by atoms with van der Waals surface area (Å²) >= 11 is 0. The molecule has 10 heteroatoms. The number of pyridine rings is 1. The van der Waals surface area contributed by atoms with E-state index in [1.807, 2.05) is 19.9 Å². The molecule has 0 aliphatic rings. The fraction of sp³-hybridized carbons (Fsp3) is 0.333. The molecule has 0 radical (unpaired) electrons. The van der Waals surface area contributed by atoms with E-state index in [0.29, 0.717) is 29.9 Å². The number of aryl methyl sites for hydroxylation is 1. The Morgan fingerprint density at radius 1 is 1.00 bits per heavy atom. The highest BCUT2D eigenvalue weighted by molar-refractivity contribution is 5.91. The van der Waals surface area contributed by atoms with Gasteiger partial charge in [0.25, 0.3) is 0 Å². The van der Waals surface area contributed by atoms with E-state index in [1.165, 1.54) is 6.92 Å². The number of amides is 1. The predicted molar refractivity (Wildman–Crippen MR) is 126 cm³/mol. The molecule has 0 fully saturated rings. The van der Waals surface area contributed by atoms with Gasteiger partial charge >= 0.3 is 6.18 Å². The van der Waals surface area contributed by atoms with E-state index < -0.39 is 11.9 Å². The number of halogens is 3. The summed E-state index contributed by atoms with van der Waals surface area (Å²) in [7, 11) is 1.65. The van der Waals surface area contributed by atoms with Crippen molar-refractivity contribution in [1.82, 2.24) is 19.9 Å². The maximum atomic E-state index is 13.6. The molecule has 0 saturated carbocycles. The van der Waals surface area contributed by atoms with Crippen LogP contribution < -0.4 is 10.6 Å². The zero-order valence-electron chi connectivity index (χ0n) is 19.5. The van der Waals surface area contributed by atoms with E-state index in [-0.39, 0.29) is 35.5 Å². The molecule has 2 aromatic heterocycles. The number of hydrogen-bond donors (Lipinski definition) is 1. The summed E-state index contributed by atoms with van der Waals surface area (Å²) in [5, 5.41) is 0. The van der Waals surface area contributed by atoms with Crippen molar-refractivity contribution >= 4 is 17.7 Å². The highest BCUT2D eigenvalue weighted by Gasteiger charge is 2.34. The number of carbonyl (C=O) groups is 1. The Morgan fingerprint density at radius 3 is 2.24 bits per heavy atom. The van der Waals surface area contributed by atoms with E-state index in [2.05, 4.69) is 15.0 Å². The van der Waals surface area contributed by atoms with Crippen LogP contribution in [-0.2, 0) is 11.0 Å². The first-order chi connectivity index (χ1) is 16.0. The molecular weight excluding hydrogens is 445 g/mol. The molecule has 3 aromatic rings. The maximum absolute atomic E-state index is 13.6. The first-order valence-corrected chi connectivity index (χ1v) is 10.8. The van der Waals surface area contributed by atoms with Gasteiger partial charge in [-0.2, -0.15) is 18.2 Å². The lowest BCUT2D eigenvalue weighted by atomic mass is 9.98. The van der Waals surface area contributed by atoms with Gasteiger partial charge in [0.15, 0.2) is 0 Å². The first-order valence-electron chi connectivity index (χ1n) is 10.8. The Labute approximate surface area is 196 Å². The quantitative estimate of drug-likeness (QED) is 0.548. The Hall–Kier alpha value is -3.69.